The van der Waals surface area contributed by atoms with Crippen molar-refractivity contribution < 1.29 is 9.59 Å². The van der Waals surface area contributed by atoms with Gasteiger partial charge in [0.05, 0.1) is 24.1 Å². The smallest absolute Gasteiger partial charge is 0.315 e. The van der Waals surface area contributed by atoms with Crippen molar-refractivity contribution in [3.63, 3.8) is 0 Å². The third kappa shape index (κ3) is 2.84. The molecule has 0 saturated carbocycles. The Kier molecular flexibility index (Phi) is 3.53. The maximum Gasteiger partial charge on any atom is 0.315 e. The van der Waals surface area contributed by atoms with Crippen molar-refractivity contribution in [2.45, 2.75) is 13.0 Å². The molecule has 0 bridgehead atoms. The molecule has 0 fully saturated rings. The van der Waals surface area contributed by atoms with Gasteiger partial charge in [-0.3, -0.25) is 9.78 Å². The Hall–Kier alpha value is -2.48. The summed E-state index contributed by atoms with van der Waals surface area (Å²) < 4.78 is 0. The third-order valence-electron chi connectivity index (χ3n) is 3.16. The van der Waals surface area contributed by atoms with Crippen molar-refractivity contribution in [3.05, 3.63) is 40.1 Å². The number of hydrogen-bond acceptors (Lipinski definition) is 5. The van der Waals surface area contributed by atoms with Crippen LogP contribution in [0, 0.1) is 0 Å². The van der Waals surface area contributed by atoms with Crippen LogP contribution in [-0.4, -0.2) is 33.4 Å². The van der Waals surface area contributed by atoms with Crippen LogP contribution in [0.15, 0.2) is 24.5 Å². The number of nitrogens with zero attached hydrogens (tertiary/aromatic N) is 3. The van der Waals surface area contributed by atoms with Crippen LogP contribution in [0.3, 0.4) is 0 Å². The van der Waals surface area contributed by atoms with Crippen molar-refractivity contribution in [2.24, 2.45) is 5.73 Å². The molecule has 0 spiro atoms. The second kappa shape index (κ2) is 5.49. The van der Waals surface area contributed by atoms with Crippen LogP contribution < -0.4 is 11.1 Å². The number of carbonyl (C=O) groups is 2. The van der Waals surface area contributed by atoms with Gasteiger partial charge in [0, 0.05) is 24.0 Å². The predicted molar refractivity (Wildman–Crippen MR) is 78.0 cm³/mol. The molecule has 8 heteroatoms. The number of amides is 3. The Balaban J connectivity index is 1.76. The molecule has 0 aliphatic carbocycles. The third-order valence-corrected chi connectivity index (χ3v) is 4.24. The molecule has 0 atom stereocenters. The molecule has 0 saturated heterocycles. The number of fused-ring (bicyclic) bond motifs is 1. The molecule has 3 heterocycles. The number of anilines is 1. The van der Waals surface area contributed by atoms with E-state index in [9.17, 15) is 9.59 Å². The average Bonchev–Trinajstić information content (AvgIpc) is 2.91. The van der Waals surface area contributed by atoms with Gasteiger partial charge in [0.1, 0.15) is 0 Å². The number of primary amides is 1. The summed E-state index contributed by atoms with van der Waals surface area (Å²) in [6.07, 6.45) is 3.82. The zero-order valence-electron chi connectivity index (χ0n) is 11.1. The van der Waals surface area contributed by atoms with Gasteiger partial charge in [-0.15, -0.1) is 11.3 Å². The highest BCUT2D eigenvalue weighted by molar-refractivity contribution is 7.13. The van der Waals surface area contributed by atoms with Gasteiger partial charge in [-0.2, -0.15) is 0 Å². The normalized spacial score (nSPS) is 13.6. The standard InChI is InChI=1S/C13H13N5O2S/c14-13(20)18-5-3-9-10(7-18)21-12(17-9)11(19)16-8-2-1-4-15-6-8/h1-2,4,6H,3,5,7H2,(H2,14,20)(H,16,19). The van der Waals surface area contributed by atoms with E-state index in [1.54, 1.807) is 29.4 Å². The number of thiazole rings is 1. The van der Waals surface area contributed by atoms with Crippen LogP contribution in [0.5, 0.6) is 0 Å². The summed E-state index contributed by atoms with van der Waals surface area (Å²) in [5.41, 5.74) is 6.77. The predicted octanol–water partition coefficient (Wildman–Crippen LogP) is 1.23. The van der Waals surface area contributed by atoms with E-state index in [4.69, 9.17) is 5.73 Å². The second-order valence-corrected chi connectivity index (χ2v) is 5.68. The summed E-state index contributed by atoms with van der Waals surface area (Å²) in [5, 5.41) is 3.13. The van der Waals surface area contributed by atoms with Crippen molar-refractivity contribution in [1.82, 2.24) is 14.9 Å². The molecular weight excluding hydrogens is 290 g/mol. The Bertz CT molecular complexity index is 685. The molecule has 1 aliphatic rings. The highest BCUT2D eigenvalue weighted by atomic mass is 32.1. The lowest BCUT2D eigenvalue weighted by molar-refractivity contribution is 0.102. The van der Waals surface area contributed by atoms with Gasteiger partial charge < -0.3 is 16.0 Å². The SMILES string of the molecule is NC(=O)N1CCc2nc(C(=O)Nc3cccnc3)sc2C1. The number of hydrogen-bond donors (Lipinski definition) is 2. The lowest BCUT2D eigenvalue weighted by atomic mass is 10.2. The second-order valence-electron chi connectivity index (χ2n) is 4.59. The fraction of sp³-hybridized carbons (Fsp3) is 0.231. The molecule has 0 unspecified atom stereocenters. The van der Waals surface area contributed by atoms with Crippen molar-refractivity contribution in [2.75, 3.05) is 11.9 Å². The maximum absolute atomic E-state index is 12.2. The summed E-state index contributed by atoms with van der Waals surface area (Å²) in [7, 11) is 0. The van der Waals surface area contributed by atoms with Gasteiger partial charge >= 0.3 is 6.03 Å². The first kappa shape index (κ1) is 13.5. The molecule has 0 aromatic carbocycles. The van der Waals surface area contributed by atoms with Gasteiger partial charge in [-0.05, 0) is 12.1 Å². The molecule has 108 valence electrons. The summed E-state index contributed by atoms with van der Waals surface area (Å²) in [4.78, 5) is 34.1. The summed E-state index contributed by atoms with van der Waals surface area (Å²) in [6.45, 7) is 0.957. The average molecular weight is 303 g/mol. The number of urea groups is 1. The highest BCUT2D eigenvalue weighted by Crippen LogP contribution is 2.25. The van der Waals surface area contributed by atoms with Crippen molar-refractivity contribution in [1.29, 1.82) is 0 Å². The Morgan fingerprint density at radius 3 is 3.00 bits per heavy atom. The molecular formula is C13H13N5O2S. The van der Waals surface area contributed by atoms with Crippen LogP contribution in [0.25, 0.3) is 0 Å². The van der Waals surface area contributed by atoms with Gasteiger partial charge in [0.2, 0.25) is 0 Å². The molecule has 2 aromatic rings. The molecule has 7 nitrogen and oxygen atoms in total. The minimum absolute atomic E-state index is 0.270. The van der Waals surface area contributed by atoms with E-state index < -0.39 is 6.03 Å². The van der Waals surface area contributed by atoms with E-state index in [-0.39, 0.29) is 5.91 Å². The lowest BCUT2D eigenvalue weighted by Gasteiger charge is -2.23. The van der Waals surface area contributed by atoms with Crippen molar-refractivity contribution in [3.8, 4) is 0 Å². The van der Waals surface area contributed by atoms with Crippen LogP contribution in [-0.2, 0) is 13.0 Å². The minimum Gasteiger partial charge on any atom is -0.351 e. The largest absolute Gasteiger partial charge is 0.351 e. The van der Waals surface area contributed by atoms with Gasteiger partial charge in [-0.25, -0.2) is 9.78 Å². The van der Waals surface area contributed by atoms with Crippen LogP contribution in [0.2, 0.25) is 0 Å². The summed E-state index contributed by atoms with van der Waals surface area (Å²) in [5.74, 6) is -0.270. The molecule has 21 heavy (non-hydrogen) atoms. The fourth-order valence-corrected chi connectivity index (χ4v) is 3.12. The fourth-order valence-electron chi connectivity index (χ4n) is 2.10. The number of rotatable bonds is 2. The minimum atomic E-state index is -0.449. The van der Waals surface area contributed by atoms with E-state index in [0.29, 0.717) is 30.2 Å². The number of pyridine rings is 1. The highest BCUT2D eigenvalue weighted by Gasteiger charge is 2.24. The quantitative estimate of drug-likeness (QED) is 0.871. The van der Waals surface area contributed by atoms with E-state index in [1.165, 1.54) is 11.3 Å². The van der Waals surface area contributed by atoms with Crippen molar-refractivity contribution >= 4 is 29.0 Å². The first-order valence-corrected chi connectivity index (χ1v) is 7.19. The Morgan fingerprint density at radius 1 is 1.43 bits per heavy atom. The molecule has 3 N–H and O–H groups in total. The van der Waals surface area contributed by atoms with E-state index in [1.807, 2.05) is 0 Å². The van der Waals surface area contributed by atoms with Crippen LogP contribution in [0.4, 0.5) is 10.5 Å². The molecule has 3 rings (SSSR count). The number of carbonyl (C=O) groups excluding carboxylic acids is 2. The zero-order valence-corrected chi connectivity index (χ0v) is 11.9. The van der Waals surface area contributed by atoms with E-state index >= 15 is 0 Å². The summed E-state index contributed by atoms with van der Waals surface area (Å²) in [6, 6.07) is 3.05. The van der Waals surface area contributed by atoms with E-state index in [0.717, 1.165) is 10.6 Å². The van der Waals surface area contributed by atoms with E-state index in [2.05, 4.69) is 15.3 Å². The lowest BCUT2D eigenvalue weighted by Crippen LogP contribution is -2.39. The van der Waals surface area contributed by atoms with Crippen LogP contribution in [0.1, 0.15) is 20.4 Å². The topological polar surface area (TPSA) is 101 Å². The number of aromatic nitrogens is 2. The molecule has 1 aliphatic heterocycles. The van der Waals surface area contributed by atoms with Gasteiger partial charge in [0.25, 0.3) is 5.91 Å². The number of nitrogens with two attached hydrogens (primary N) is 1. The van der Waals surface area contributed by atoms with Gasteiger partial charge in [-0.1, -0.05) is 0 Å². The molecule has 0 radical (unpaired) electrons. The molecule has 2 aromatic heterocycles. The van der Waals surface area contributed by atoms with Gasteiger partial charge in [0.15, 0.2) is 5.01 Å². The zero-order chi connectivity index (χ0) is 14.8. The first-order valence-electron chi connectivity index (χ1n) is 6.38. The number of nitrogens with one attached hydrogen (secondary N) is 1. The molecule has 3 amide bonds. The monoisotopic (exact) mass is 303 g/mol. The first-order chi connectivity index (χ1) is 10.1. The maximum atomic E-state index is 12.2. The van der Waals surface area contributed by atoms with Crippen LogP contribution >= 0.6 is 11.3 Å². The summed E-state index contributed by atoms with van der Waals surface area (Å²) >= 11 is 1.29. The Labute approximate surface area is 124 Å². The Morgan fingerprint density at radius 2 is 2.29 bits per heavy atom.